The lowest BCUT2D eigenvalue weighted by Gasteiger charge is -2.26. The van der Waals surface area contributed by atoms with Crippen molar-refractivity contribution in [1.82, 2.24) is 0 Å². The lowest BCUT2D eigenvalue weighted by molar-refractivity contribution is -0.113. The van der Waals surface area contributed by atoms with Crippen molar-refractivity contribution in [2.45, 2.75) is 32.9 Å². The molecule has 0 aromatic heterocycles. The number of rotatable bonds is 5. The Morgan fingerprint density at radius 1 is 1.16 bits per heavy atom. The molecule has 0 aliphatic carbocycles. The first-order valence-electron chi connectivity index (χ1n) is 10.3. The van der Waals surface area contributed by atoms with Crippen molar-refractivity contribution in [2.24, 2.45) is 4.99 Å². The van der Waals surface area contributed by atoms with E-state index in [1.54, 1.807) is 18.2 Å². The molecule has 1 saturated heterocycles. The Morgan fingerprint density at radius 2 is 1.94 bits per heavy atom. The van der Waals surface area contributed by atoms with Crippen LogP contribution in [0.25, 0.3) is 0 Å². The molecule has 2 atom stereocenters. The first-order chi connectivity index (χ1) is 15.1. The normalized spacial score (nSPS) is 21.2. The average molecular weight is 472 g/mol. The number of amides is 1. The lowest BCUT2D eigenvalue weighted by atomic mass is 10.1. The van der Waals surface area contributed by atoms with E-state index in [4.69, 9.17) is 0 Å². The van der Waals surface area contributed by atoms with Crippen LogP contribution < -0.4 is 10.2 Å². The van der Waals surface area contributed by atoms with Crippen LogP contribution in [0.3, 0.4) is 0 Å². The molecule has 2 aliphatic rings. The number of aryl methyl sites for hydroxylation is 2. The minimum atomic E-state index is -3.18. The molecule has 7 nitrogen and oxygen atoms in total. The van der Waals surface area contributed by atoms with E-state index in [0.29, 0.717) is 16.4 Å². The maximum absolute atomic E-state index is 12.6. The number of hydrogen-bond acceptors (Lipinski definition) is 7. The van der Waals surface area contributed by atoms with Crippen LogP contribution in [0, 0.1) is 13.8 Å². The number of sulfone groups is 1. The zero-order valence-electron chi connectivity index (χ0n) is 18.2. The van der Waals surface area contributed by atoms with Crippen molar-refractivity contribution in [3.05, 3.63) is 59.2 Å². The van der Waals surface area contributed by atoms with Crippen molar-refractivity contribution in [1.29, 1.82) is 0 Å². The highest BCUT2D eigenvalue weighted by molar-refractivity contribution is 8.14. The summed E-state index contributed by atoms with van der Waals surface area (Å²) in [5.74, 6) is -0.0855. The van der Waals surface area contributed by atoms with Gasteiger partial charge in [0.1, 0.15) is 0 Å². The standard InChI is InChI=1S/C23H25N3O4S2/c1-14-7-8-19(15(2)9-14)24-22(28)11-31-23-25-20-12-32(29,30)13-21(20)26(23)18-6-4-5-17(10-18)16(3)27/h4-10,20-21H,11-13H2,1-3H3,(H,24,28)/t20-,21-/m1/s1. The summed E-state index contributed by atoms with van der Waals surface area (Å²) in [6.45, 7) is 5.44. The fourth-order valence-corrected chi connectivity index (χ4v) is 6.85. The second-order valence-corrected chi connectivity index (χ2v) is 11.4. The van der Waals surface area contributed by atoms with Crippen LogP contribution in [0.15, 0.2) is 47.5 Å². The summed E-state index contributed by atoms with van der Waals surface area (Å²) in [6, 6.07) is 12.2. The predicted octanol–water partition coefficient (Wildman–Crippen LogP) is 3.22. The molecule has 2 aromatic rings. The summed E-state index contributed by atoms with van der Waals surface area (Å²) >= 11 is 1.28. The maximum atomic E-state index is 12.6. The molecule has 168 valence electrons. The molecule has 32 heavy (non-hydrogen) atoms. The zero-order valence-corrected chi connectivity index (χ0v) is 19.8. The van der Waals surface area contributed by atoms with Gasteiger partial charge in [0.25, 0.3) is 0 Å². The van der Waals surface area contributed by atoms with Gasteiger partial charge in [-0.15, -0.1) is 0 Å². The third kappa shape index (κ3) is 4.73. The van der Waals surface area contributed by atoms with Gasteiger partial charge in [-0.25, -0.2) is 8.42 Å². The average Bonchev–Trinajstić information content (AvgIpc) is 3.19. The molecule has 1 N–H and O–H groups in total. The third-order valence-electron chi connectivity index (χ3n) is 5.63. The van der Waals surface area contributed by atoms with Gasteiger partial charge in [-0.05, 0) is 44.5 Å². The number of carbonyl (C=O) groups excluding carboxylic acids is 2. The monoisotopic (exact) mass is 471 g/mol. The van der Waals surface area contributed by atoms with Gasteiger partial charge >= 0.3 is 0 Å². The molecule has 2 aliphatic heterocycles. The minimum absolute atomic E-state index is 0.000612. The first-order valence-corrected chi connectivity index (χ1v) is 13.1. The number of nitrogens with zero attached hydrogens (tertiary/aromatic N) is 2. The molecule has 4 rings (SSSR count). The summed E-state index contributed by atoms with van der Waals surface area (Å²) < 4.78 is 24.4. The smallest absolute Gasteiger partial charge is 0.234 e. The highest BCUT2D eigenvalue weighted by atomic mass is 32.2. The number of carbonyl (C=O) groups is 2. The van der Waals surface area contributed by atoms with Crippen LogP contribution in [0.2, 0.25) is 0 Å². The Morgan fingerprint density at radius 3 is 2.66 bits per heavy atom. The van der Waals surface area contributed by atoms with E-state index in [9.17, 15) is 18.0 Å². The third-order valence-corrected chi connectivity index (χ3v) is 8.29. The quantitative estimate of drug-likeness (QED) is 0.673. The van der Waals surface area contributed by atoms with Crippen LogP contribution in [0.1, 0.15) is 28.4 Å². The van der Waals surface area contributed by atoms with E-state index in [-0.39, 0.29) is 41.0 Å². The molecule has 9 heteroatoms. The number of anilines is 2. The van der Waals surface area contributed by atoms with Gasteiger partial charge in [0.2, 0.25) is 5.91 Å². The second-order valence-electron chi connectivity index (χ2n) is 8.26. The molecular formula is C23H25N3O4S2. The van der Waals surface area contributed by atoms with Crippen molar-refractivity contribution < 1.29 is 18.0 Å². The summed E-state index contributed by atoms with van der Waals surface area (Å²) in [5, 5.41) is 3.53. The van der Waals surface area contributed by atoms with Gasteiger partial charge in [-0.3, -0.25) is 14.6 Å². The topological polar surface area (TPSA) is 95.9 Å². The Bertz CT molecular complexity index is 1220. The molecule has 2 aromatic carbocycles. The van der Waals surface area contributed by atoms with E-state index < -0.39 is 9.84 Å². The van der Waals surface area contributed by atoms with E-state index in [1.807, 2.05) is 43.0 Å². The maximum Gasteiger partial charge on any atom is 0.234 e. The van der Waals surface area contributed by atoms with E-state index in [0.717, 1.165) is 16.8 Å². The van der Waals surface area contributed by atoms with Crippen molar-refractivity contribution in [2.75, 3.05) is 27.5 Å². The van der Waals surface area contributed by atoms with Crippen LogP contribution in [0.4, 0.5) is 11.4 Å². The molecule has 1 fully saturated rings. The molecule has 0 bridgehead atoms. The highest BCUT2D eigenvalue weighted by Gasteiger charge is 2.47. The van der Waals surface area contributed by atoms with E-state index in [1.165, 1.54) is 18.7 Å². The largest absolute Gasteiger partial charge is 0.325 e. The van der Waals surface area contributed by atoms with E-state index in [2.05, 4.69) is 10.3 Å². The molecule has 2 heterocycles. The van der Waals surface area contributed by atoms with Gasteiger partial charge < -0.3 is 10.2 Å². The Hall–Kier alpha value is -2.65. The predicted molar refractivity (Wildman–Crippen MR) is 130 cm³/mol. The molecular weight excluding hydrogens is 446 g/mol. The summed E-state index contributed by atoms with van der Waals surface area (Å²) in [7, 11) is -3.18. The minimum Gasteiger partial charge on any atom is -0.325 e. The van der Waals surface area contributed by atoms with Crippen molar-refractivity contribution in [3.63, 3.8) is 0 Å². The number of benzene rings is 2. The van der Waals surface area contributed by atoms with Crippen LogP contribution in [-0.4, -0.2) is 54.6 Å². The Balaban J connectivity index is 1.54. The molecule has 1 amide bonds. The molecule has 0 spiro atoms. The molecule has 0 saturated carbocycles. The number of aliphatic imine (C=N–C) groups is 1. The number of hydrogen-bond donors (Lipinski definition) is 1. The second kappa shape index (κ2) is 8.71. The first kappa shape index (κ1) is 22.5. The van der Waals surface area contributed by atoms with Gasteiger partial charge in [-0.1, -0.05) is 41.6 Å². The van der Waals surface area contributed by atoms with Crippen LogP contribution in [0.5, 0.6) is 0 Å². The number of fused-ring (bicyclic) bond motifs is 1. The molecule has 0 radical (unpaired) electrons. The number of Topliss-reactive ketones (excluding diaryl/α,β-unsaturated/α-hetero) is 1. The number of thioether (sulfide) groups is 1. The number of ketones is 1. The lowest BCUT2D eigenvalue weighted by Crippen LogP contribution is -2.39. The van der Waals surface area contributed by atoms with Crippen LogP contribution >= 0.6 is 11.8 Å². The fraction of sp³-hybridized carbons (Fsp3) is 0.348. The summed E-state index contributed by atoms with van der Waals surface area (Å²) in [6.07, 6.45) is 0. The van der Waals surface area contributed by atoms with E-state index >= 15 is 0 Å². The fourth-order valence-electron chi connectivity index (χ4n) is 4.08. The zero-order chi connectivity index (χ0) is 23.0. The van der Waals surface area contributed by atoms with Gasteiger partial charge in [0.15, 0.2) is 20.8 Å². The number of amidine groups is 1. The van der Waals surface area contributed by atoms with Crippen LogP contribution in [-0.2, 0) is 14.6 Å². The number of nitrogens with one attached hydrogen (secondary N) is 1. The Kier molecular flexibility index (Phi) is 6.13. The van der Waals surface area contributed by atoms with Gasteiger partial charge in [0.05, 0.1) is 29.3 Å². The SMILES string of the molecule is CC(=O)c1cccc(N2C(SCC(=O)Nc3ccc(C)cc3C)=N[C@@H]3CS(=O)(=O)C[C@H]32)c1. The van der Waals surface area contributed by atoms with Gasteiger partial charge in [-0.2, -0.15) is 0 Å². The van der Waals surface area contributed by atoms with Gasteiger partial charge in [0, 0.05) is 16.9 Å². The highest BCUT2D eigenvalue weighted by Crippen LogP contribution is 2.35. The summed E-state index contributed by atoms with van der Waals surface area (Å²) in [5.41, 5.74) is 4.14. The van der Waals surface area contributed by atoms with Crippen molar-refractivity contribution in [3.8, 4) is 0 Å². The van der Waals surface area contributed by atoms with Crippen molar-refractivity contribution >= 4 is 49.8 Å². The summed E-state index contributed by atoms with van der Waals surface area (Å²) in [4.78, 5) is 31.0. The Labute approximate surface area is 192 Å². The molecule has 0 unspecified atom stereocenters.